The molecule has 5 nitrogen and oxygen atoms in total. The molecule has 1 atom stereocenters. The van der Waals surface area contributed by atoms with E-state index in [0.29, 0.717) is 13.1 Å². The molecular weight excluding hydrogens is 288 g/mol. The molecule has 0 bridgehead atoms. The van der Waals surface area contributed by atoms with E-state index < -0.39 is 16.6 Å². The zero-order chi connectivity index (χ0) is 16.3. The van der Waals surface area contributed by atoms with Crippen LogP contribution in [0.2, 0.25) is 0 Å². The molecule has 1 unspecified atom stereocenters. The summed E-state index contributed by atoms with van der Waals surface area (Å²) in [6.45, 7) is 12.6. The lowest BCUT2D eigenvalue weighted by molar-refractivity contribution is 0.0203. The number of carbonyl (C=O) groups excluding carboxylic acids is 1. The van der Waals surface area contributed by atoms with Gasteiger partial charge >= 0.3 is 6.09 Å². The predicted octanol–water partition coefficient (Wildman–Crippen LogP) is 3.17. The molecule has 0 aromatic heterocycles. The van der Waals surface area contributed by atoms with Crippen molar-refractivity contribution in [3.8, 4) is 0 Å². The summed E-state index contributed by atoms with van der Waals surface area (Å²) >= 11 is 0. The first kappa shape index (κ1) is 18.1. The Morgan fingerprint density at radius 1 is 1.19 bits per heavy atom. The first-order chi connectivity index (χ1) is 9.49. The van der Waals surface area contributed by atoms with Gasteiger partial charge in [0.05, 0.1) is 4.75 Å². The molecule has 1 aliphatic rings. The molecule has 0 spiro atoms. The van der Waals surface area contributed by atoms with Gasteiger partial charge in [0.1, 0.15) is 16.6 Å². The summed E-state index contributed by atoms with van der Waals surface area (Å²) in [5.41, 5.74) is -0.459. The van der Waals surface area contributed by atoms with E-state index in [1.165, 1.54) is 0 Å². The maximum atomic E-state index is 11.9. The third-order valence-corrected chi connectivity index (χ3v) is 4.44. The monoisotopic (exact) mass is 316 g/mol. The molecule has 1 fully saturated rings. The van der Waals surface area contributed by atoms with Crippen molar-refractivity contribution in [3.63, 3.8) is 0 Å². The smallest absolute Gasteiger partial charge is 0.410 e. The molecule has 1 aliphatic heterocycles. The van der Waals surface area contributed by atoms with Crippen LogP contribution in [0.5, 0.6) is 0 Å². The van der Waals surface area contributed by atoms with Gasteiger partial charge in [-0.15, -0.1) is 0 Å². The maximum absolute atomic E-state index is 11.9. The minimum Gasteiger partial charge on any atom is -0.444 e. The lowest BCUT2D eigenvalue weighted by Gasteiger charge is -2.32. The average molecular weight is 316 g/mol. The van der Waals surface area contributed by atoms with E-state index in [0.717, 1.165) is 12.8 Å². The highest BCUT2D eigenvalue weighted by molar-refractivity contribution is 7.85. The van der Waals surface area contributed by atoms with Crippen LogP contribution < -0.4 is 0 Å². The first-order valence-corrected chi connectivity index (χ1v) is 8.54. The number of likely N-dealkylation sites (tertiary alicyclic amines) is 1. The molecule has 1 rings (SSSR count). The quantitative estimate of drug-likeness (QED) is 0.735. The van der Waals surface area contributed by atoms with Crippen LogP contribution in [-0.2, 0) is 15.7 Å². The largest absolute Gasteiger partial charge is 0.444 e. The third kappa shape index (κ3) is 6.59. The van der Waals surface area contributed by atoms with E-state index in [2.05, 4.69) is 4.40 Å². The average Bonchev–Trinajstić information content (AvgIpc) is 2.33. The molecule has 0 aromatic rings. The third-order valence-electron chi connectivity index (χ3n) is 3.08. The number of rotatable bonds is 2. The van der Waals surface area contributed by atoms with Crippen molar-refractivity contribution in [1.82, 2.24) is 4.90 Å². The van der Waals surface area contributed by atoms with Crippen molar-refractivity contribution in [2.75, 3.05) is 13.1 Å². The Morgan fingerprint density at radius 3 is 2.14 bits per heavy atom. The van der Waals surface area contributed by atoms with E-state index >= 15 is 0 Å². The predicted molar refractivity (Wildman–Crippen MR) is 86.9 cm³/mol. The van der Waals surface area contributed by atoms with Crippen LogP contribution in [0, 0.1) is 5.92 Å². The molecule has 122 valence electrons. The first-order valence-electron chi connectivity index (χ1n) is 7.43. The summed E-state index contributed by atoms with van der Waals surface area (Å²) in [6, 6.07) is 0. The topological polar surface area (TPSA) is 59.0 Å². The standard InChI is InChI=1S/C15H28N2O3S/c1-14(2,3)20-13(18)17-9-7-12(8-10-17)11-16-21(19)15(4,5)6/h11-12H,7-10H2,1-6H3. The van der Waals surface area contributed by atoms with Crippen LogP contribution in [0.25, 0.3) is 0 Å². The fourth-order valence-corrected chi connectivity index (χ4v) is 2.46. The minimum absolute atomic E-state index is 0.254. The second-order valence-electron chi connectivity index (χ2n) is 7.42. The number of piperidine rings is 1. The molecule has 0 aliphatic carbocycles. The van der Waals surface area contributed by atoms with Crippen molar-refractivity contribution in [1.29, 1.82) is 0 Å². The van der Waals surface area contributed by atoms with Gasteiger partial charge in [-0.25, -0.2) is 9.00 Å². The van der Waals surface area contributed by atoms with Crippen LogP contribution in [0.15, 0.2) is 4.40 Å². The molecule has 0 radical (unpaired) electrons. The van der Waals surface area contributed by atoms with E-state index in [1.807, 2.05) is 41.5 Å². The zero-order valence-electron chi connectivity index (χ0n) is 14.0. The van der Waals surface area contributed by atoms with Crippen LogP contribution in [0.3, 0.4) is 0 Å². The summed E-state index contributed by atoms with van der Waals surface area (Å²) in [7, 11) is -1.21. The summed E-state index contributed by atoms with van der Waals surface area (Å²) in [5.74, 6) is 0.287. The Balaban J connectivity index is 2.44. The van der Waals surface area contributed by atoms with E-state index in [9.17, 15) is 9.00 Å². The van der Waals surface area contributed by atoms with Gasteiger partial charge in [-0.05, 0) is 60.3 Å². The molecule has 1 saturated heterocycles. The number of carbonyl (C=O) groups is 1. The van der Waals surface area contributed by atoms with Crippen molar-refractivity contribution in [3.05, 3.63) is 0 Å². The summed E-state index contributed by atoms with van der Waals surface area (Å²) in [6.07, 6.45) is 3.22. The Labute approximate surface area is 130 Å². The van der Waals surface area contributed by atoms with E-state index in [4.69, 9.17) is 4.74 Å². The molecule has 0 saturated carbocycles. The Morgan fingerprint density at radius 2 is 1.71 bits per heavy atom. The van der Waals surface area contributed by atoms with Gasteiger partial charge in [-0.2, -0.15) is 4.40 Å². The van der Waals surface area contributed by atoms with Gasteiger partial charge in [0, 0.05) is 19.3 Å². The molecule has 0 aromatic carbocycles. The number of hydrogen-bond acceptors (Lipinski definition) is 3. The lowest BCUT2D eigenvalue weighted by atomic mass is 9.99. The highest BCUT2D eigenvalue weighted by Crippen LogP contribution is 2.19. The zero-order valence-corrected chi connectivity index (χ0v) is 14.8. The Bertz CT molecular complexity index is 414. The minimum atomic E-state index is -1.21. The van der Waals surface area contributed by atoms with Crippen molar-refractivity contribution < 1.29 is 13.7 Å². The summed E-state index contributed by atoms with van der Waals surface area (Å²) in [4.78, 5) is 13.7. The van der Waals surface area contributed by atoms with E-state index in [-0.39, 0.29) is 16.8 Å². The summed E-state index contributed by atoms with van der Waals surface area (Å²) in [5, 5.41) is 0. The van der Waals surface area contributed by atoms with Crippen molar-refractivity contribution in [2.24, 2.45) is 10.3 Å². The molecular formula is C15H28N2O3S. The van der Waals surface area contributed by atoms with E-state index in [1.54, 1.807) is 11.1 Å². The van der Waals surface area contributed by atoms with Gasteiger partial charge in [0.15, 0.2) is 0 Å². The van der Waals surface area contributed by atoms with Gasteiger partial charge < -0.3 is 9.64 Å². The Hall–Kier alpha value is -0.910. The fraction of sp³-hybridized carbons (Fsp3) is 0.867. The second kappa shape index (κ2) is 6.90. The Kier molecular flexibility index (Phi) is 5.96. The van der Waals surface area contributed by atoms with Crippen LogP contribution >= 0.6 is 0 Å². The van der Waals surface area contributed by atoms with Gasteiger partial charge in [-0.1, -0.05) is 0 Å². The summed E-state index contributed by atoms with van der Waals surface area (Å²) < 4.78 is 21.1. The van der Waals surface area contributed by atoms with Crippen molar-refractivity contribution >= 4 is 23.3 Å². The molecule has 0 N–H and O–H groups in total. The maximum Gasteiger partial charge on any atom is 0.410 e. The molecule has 21 heavy (non-hydrogen) atoms. The van der Waals surface area contributed by atoms with Gasteiger partial charge in [-0.3, -0.25) is 0 Å². The number of ether oxygens (including phenoxy) is 1. The van der Waals surface area contributed by atoms with Crippen LogP contribution in [0.4, 0.5) is 4.79 Å². The molecule has 6 heteroatoms. The lowest BCUT2D eigenvalue weighted by Crippen LogP contribution is -2.42. The van der Waals surface area contributed by atoms with Crippen LogP contribution in [0.1, 0.15) is 54.4 Å². The number of nitrogens with zero attached hydrogens (tertiary/aromatic N) is 2. The molecule has 1 heterocycles. The molecule has 1 amide bonds. The highest BCUT2D eigenvalue weighted by Gasteiger charge is 2.26. The fourth-order valence-electron chi connectivity index (χ4n) is 1.86. The van der Waals surface area contributed by atoms with Crippen molar-refractivity contribution in [2.45, 2.75) is 64.7 Å². The van der Waals surface area contributed by atoms with Gasteiger partial charge in [0.2, 0.25) is 0 Å². The number of hydrogen-bond donors (Lipinski definition) is 0. The second-order valence-corrected chi connectivity index (χ2v) is 9.35. The SMILES string of the molecule is CC(C)(C)OC(=O)N1CCC(C=NS(=O)C(C)(C)C)CC1. The normalized spacial score (nSPS) is 19.8. The number of amides is 1. The highest BCUT2D eigenvalue weighted by atomic mass is 32.2. The van der Waals surface area contributed by atoms with Gasteiger partial charge in [0.25, 0.3) is 0 Å². The van der Waals surface area contributed by atoms with Crippen LogP contribution in [-0.4, -0.2) is 44.9 Å².